The van der Waals surface area contributed by atoms with Crippen LogP contribution < -0.4 is 5.32 Å². The van der Waals surface area contributed by atoms with Gasteiger partial charge in [0.1, 0.15) is 0 Å². The van der Waals surface area contributed by atoms with Gasteiger partial charge >= 0.3 is 0 Å². The van der Waals surface area contributed by atoms with Crippen LogP contribution in [0.5, 0.6) is 0 Å². The fourth-order valence-corrected chi connectivity index (χ4v) is 3.07. The van der Waals surface area contributed by atoms with Crippen molar-refractivity contribution in [1.29, 1.82) is 0 Å². The summed E-state index contributed by atoms with van der Waals surface area (Å²) in [4.78, 5) is 14.6. The molecule has 1 aliphatic rings. The Morgan fingerprint density at radius 2 is 1.92 bits per heavy atom. The molecule has 0 radical (unpaired) electrons. The summed E-state index contributed by atoms with van der Waals surface area (Å²) < 4.78 is 5.34. The van der Waals surface area contributed by atoms with E-state index in [0.29, 0.717) is 12.0 Å². The molecular weight excluding hydrogens is 328 g/mol. The van der Waals surface area contributed by atoms with Gasteiger partial charge in [-0.15, -0.1) is 0 Å². The predicted molar refractivity (Wildman–Crippen MR) is 102 cm³/mol. The summed E-state index contributed by atoms with van der Waals surface area (Å²) in [6.07, 6.45) is 0.189. The van der Waals surface area contributed by atoms with Crippen LogP contribution in [0.15, 0.2) is 48.5 Å². The second-order valence-corrected chi connectivity index (χ2v) is 6.70. The lowest BCUT2D eigenvalue weighted by Crippen LogP contribution is -2.37. The number of aliphatic hydroxyl groups excluding tert-OH is 1. The number of carbonyl (C=O) groups excluding carboxylic acids is 1. The molecule has 0 bridgehead atoms. The van der Waals surface area contributed by atoms with Crippen LogP contribution in [0.1, 0.15) is 34.0 Å². The molecule has 5 heteroatoms. The fourth-order valence-electron chi connectivity index (χ4n) is 3.07. The molecule has 3 rings (SSSR count). The monoisotopic (exact) mass is 354 g/mol. The van der Waals surface area contributed by atoms with Crippen molar-refractivity contribution >= 4 is 11.6 Å². The first kappa shape index (κ1) is 18.6. The second kappa shape index (κ2) is 8.94. The third-order valence-corrected chi connectivity index (χ3v) is 4.66. The summed E-state index contributed by atoms with van der Waals surface area (Å²) in [7, 11) is 0. The molecule has 2 aromatic rings. The van der Waals surface area contributed by atoms with E-state index < -0.39 is 6.10 Å². The number of carbonyl (C=O) groups is 1. The zero-order valence-electron chi connectivity index (χ0n) is 15.1. The maximum absolute atomic E-state index is 12.3. The highest BCUT2D eigenvalue weighted by atomic mass is 16.5. The van der Waals surface area contributed by atoms with Crippen molar-refractivity contribution in [2.75, 3.05) is 38.2 Å². The Labute approximate surface area is 154 Å². The number of rotatable bonds is 6. The van der Waals surface area contributed by atoms with E-state index in [4.69, 9.17) is 4.74 Å². The molecule has 0 aromatic heterocycles. The zero-order chi connectivity index (χ0) is 18.4. The molecule has 5 nitrogen and oxygen atoms in total. The van der Waals surface area contributed by atoms with Gasteiger partial charge in [-0.05, 0) is 43.2 Å². The first-order valence-electron chi connectivity index (χ1n) is 9.08. The molecule has 2 N–H and O–H groups in total. The first-order chi connectivity index (χ1) is 12.6. The lowest BCUT2D eigenvalue weighted by Gasteiger charge is -2.27. The Morgan fingerprint density at radius 3 is 2.62 bits per heavy atom. The van der Waals surface area contributed by atoms with Gasteiger partial charge in [0.25, 0.3) is 5.91 Å². The average Bonchev–Trinajstić information content (AvgIpc) is 2.67. The van der Waals surface area contributed by atoms with Crippen molar-refractivity contribution in [3.63, 3.8) is 0 Å². The van der Waals surface area contributed by atoms with Crippen LogP contribution in [0.4, 0.5) is 5.69 Å². The number of anilines is 1. The molecule has 0 aliphatic carbocycles. The Morgan fingerprint density at radius 1 is 1.19 bits per heavy atom. The van der Waals surface area contributed by atoms with E-state index in [9.17, 15) is 9.90 Å². The third-order valence-electron chi connectivity index (χ3n) is 4.66. The topological polar surface area (TPSA) is 61.8 Å². The molecule has 1 atom stereocenters. The number of nitrogens with one attached hydrogen (secondary N) is 1. The van der Waals surface area contributed by atoms with E-state index in [1.165, 1.54) is 0 Å². The van der Waals surface area contributed by atoms with Crippen molar-refractivity contribution in [1.82, 2.24) is 4.90 Å². The third kappa shape index (κ3) is 5.14. The van der Waals surface area contributed by atoms with Crippen molar-refractivity contribution in [3.8, 4) is 0 Å². The molecule has 26 heavy (non-hydrogen) atoms. The number of benzene rings is 2. The molecule has 1 heterocycles. The van der Waals surface area contributed by atoms with E-state index in [2.05, 4.69) is 10.2 Å². The lowest BCUT2D eigenvalue weighted by molar-refractivity contribution is 0.0300. The smallest absolute Gasteiger partial charge is 0.255 e. The van der Waals surface area contributed by atoms with Gasteiger partial charge in [0.15, 0.2) is 0 Å². The molecular formula is C21H26N2O3. The van der Waals surface area contributed by atoms with Crippen LogP contribution in [-0.4, -0.2) is 48.8 Å². The van der Waals surface area contributed by atoms with E-state index in [1.807, 2.05) is 49.4 Å². The summed E-state index contributed by atoms with van der Waals surface area (Å²) in [5.74, 6) is -0.130. The highest BCUT2D eigenvalue weighted by molar-refractivity contribution is 6.04. The van der Waals surface area contributed by atoms with E-state index in [-0.39, 0.29) is 5.91 Å². The van der Waals surface area contributed by atoms with Crippen LogP contribution >= 0.6 is 0 Å². The number of aliphatic hydroxyl groups is 1. The molecule has 0 saturated carbocycles. The van der Waals surface area contributed by atoms with E-state index in [1.54, 1.807) is 6.07 Å². The molecule has 1 fully saturated rings. The number of morpholine rings is 1. The molecule has 2 aromatic carbocycles. The van der Waals surface area contributed by atoms with Gasteiger partial charge < -0.3 is 15.2 Å². The van der Waals surface area contributed by atoms with Crippen LogP contribution in [0.3, 0.4) is 0 Å². The maximum atomic E-state index is 12.3. The predicted octanol–water partition coefficient (Wildman–Crippen LogP) is 3.00. The fraction of sp³-hybridized carbons (Fsp3) is 0.381. The standard InChI is InChI=1S/C21H26N2O3/c1-16-3-2-4-18(15-16)21(25)22-19-7-5-17(6-8-19)20(24)9-10-23-11-13-26-14-12-23/h2-8,15,20,24H,9-14H2,1H3,(H,22,25). The summed E-state index contributed by atoms with van der Waals surface area (Å²) in [6.45, 7) is 6.21. The summed E-state index contributed by atoms with van der Waals surface area (Å²) >= 11 is 0. The summed E-state index contributed by atoms with van der Waals surface area (Å²) in [5, 5.41) is 13.3. The minimum absolute atomic E-state index is 0.130. The van der Waals surface area contributed by atoms with Gasteiger partial charge in [0.2, 0.25) is 0 Å². The van der Waals surface area contributed by atoms with Gasteiger partial charge in [-0.25, -0.2) is 0 Å². The minimum atomic E-state index is -0.501. The maximum Gasteiger partial charge on any atom is 0.255 e. The van der Waals surface area contributed by atoms with Gasteiger partial charge in [0.05, 0.1) is 19.3 Å². The molecule has 1 unspecified atom stereocenters. The SMILES string of the molecule is Cc1cccc(C(=O)Nc2ccc(C(O)CCN3CCOCC3)cc2)c1. The molecule has 1 aliphatic heterocycles. The number of hydrogen-bond donors (Lipinski definition) is 2. The molecule has 138 valence electrons. The van der Waals surface area contributed by atoms with Gasteiger partial charge in [-0.3, -0.25) is 9.69 Å². The lowest BCUT2D eigenvalue weighted by atomic mass is 10.1. The Bertz CT molecular complexity index is 724. The molecule has 1 amide bonds. The minimum Gasteiger partial charge on any atom is -0.388 e. The Hall–Kier alpha value is -2.21. The number of aryl methyl sites for hydroxylation is 1. The molecule has 1 saturated heterocycles. The van der Waals surface area contributed by atoms with Crippen LogP contribution in [0.2, 0.25) is 0 Å². The number of hydrogen-bond acceptors (Lipinski definition) is 4. The molecule has 0 spiro atoms. The van der Waals surface area contributed by atoms with Gasteiger partial charge in [-0.2, -0.15) is 0 Å². The number of ether oxygens (including phenoxy) is 1. The van der Waals surface area contributed by atoms with Crippen molar-refractivity contribution in [3.05, 3.63) is 65.2 Å². The summed E-state index contributed by atoms with van der Waals surface area (Å²) in [5.41, 5.74) is 3.28. The van der Waals surface area contributed by atoms with Crippen molar-refractivity contribution in [2.45, 2.75) is 19.4 Å². The van der Waals surface area contributed by atoms with Gasteiger partial charge in [-0.1, -0.05) is 29.8 Å². The number of amides is 1. The van der Waals surface area contributed by atoms with Crippen LogP contribution in [-0.2, 0) is 4.74 Å². The Kier molecular flexibility index (Phi) is 6.39. The van der Waals surface area contributed by atoms with Crippen LogP contribution in [0.25, 0.3) is 0 Å². The Balaban J connectivity index is 1.53. The van der Waals surface area contributed by atoms with Crippen molar-refractivity contribution in [2.24, 2.45) is 0 Å². The quantitative estimate of drug-likeness (QED) is 0.837. The zero-order valence-corrected chi connectivity index (χ0v) is 15.1. The highest BCUT2D eigenvalue weighted by Crippen LogP contribution is 2.20. The first-order valence-corrected chi connectivity index (χ1v) is 9.08. The average molecular weight is 354 g/mol. The van der Waals surface area contributed by atoms with Crippen molar-refractivity contribution < 1.29 is 14.6 Å². The van der Waals surface area contributed by atoms with E-state index >= 15 is 0 Å². The van der Waals surface area contributed by atoms with Gasteiger partial charge in [0, 0.05) is 30.9 Å². The van der Waals surface area contributed by atoms with E-state index in [0.717, 1.165) is 49.7 Å². The number of nitrogens with zero attached hydrogens (tertiary/aromatic N) is 1. The normalized spacial score (nSPS) is 16.2. The second-order valence-electron chi connectivity index (χ2n) is 6.70. The summed E-state index contributed by atoms with van der Waals surface area (Å²) in [6, 6.07) is 14.9. The largest absolute Gasteiger partial charge is 0.388 e. The van der Waals surface area contributed by atoms with Crippen LogP contribution in [0, 0.1) is 6.92 Å². The highest BCUT2D eigenvalue weighted by Gasteiger charge is 2.14.